The number of carboxylic acids is 1. The van der Waals surface area contributed by atoms with Crippen LogP contribution < -0.4 is 16.0 Å². The third-order valence-electron chi connectivity index (χ3n) is 5.63. The van der Waals surface area contributed by atoms with Gasteiger partial charge in [-0.1, -0.05) is 69.3 Å². The zero-order valence-corrected chi connectivity index (χ0v) is 20.1. The molecule has 4 N–H and O–H groups in total. The van der Waals surface area contributed by atoms with Crippen molar-refractivity contribution < 1.29 is 29.0 Å². The van der Waals surface area contributed by atoms with Gasteiger partial charge in [-0.25, -0.2) is 4.79 Å². The molecule has 9 nitrogen and oxygen atoms in total. The molecule has 0 fully saturated rings. The smallest absolute Gasteiger partial charge is 0.407 e. The van der Waals surface area contributed by atoms with Gasteiger partial charge < -0.3 is 25.8 Å². The first kappa shape index (κ1) is 25.7. The number of carbonyl (C=O) groups excluding carboxylic acids is 3. The van der Waals surface area contributed by atoms with Crippen LogP contribution in [0.5, 0.6) is 0 Å². The lowest BCUT2D eigenvalue weighted by atomic mass is 9.88. The Labute approximate surface area is 204 Å². The number of aliphatic carboxylic acids is 1. The summed E-state index contributed by atoms with van der Waals surface area (Å²) in [5.74, 6) is -2.50. The molecule has 0 radical (unpaired) electrons. The highest BCUT2D eigenvalue weighted by atomic mass is 16.5. The van der Waals surface area contributed by atoms with Gasteiger partial charge in [-0.2, -0.15) is 0 Å². The van der Waals surface area contributed by atoms with Gasteiger partial charge in [-0.05, 0) is 34.1 Å². The summed E-state index contributed by atoms with van der Waals surface area (Å²) >= 11 is 0. The molecule has 1 aliphatic carbocycles. The molecule has 0 spiro atoms. The van der Waals surface area contributed by atoms with E-state index in [-0.39, 0.29) is 17.9 Å². The number of alkyl carbamates (subject to hydrolysis) is 1. The van der Waals surface area contributed by atoms with Gasteiger partial charge in [0.15, 0.2) is 0 Å². The molecule has 0 saturated heterocycles. The van der Waals surface area contributed by atoms with Gasteiger partial charge in [0.2, 0.25) is 11.8 Å². The summed E-state index contributed by atoms with van der Waals surface area (Å²) in [7, 11) is 0. The summed E-state index contributed by atoms with van der Waals surface area (Å²) in [5.41, 5.74) is 4.09. The van der Waals surface area contributed by atoms with E-state index in [4.69, 9.17) is 9.84 Å². The van der Waals surface area contributed by atoms with Crippen molar-refractivity contribution in [1.82, 2.24) is 16.0 Å². The van der Waals surface area contributed by atoms with Crippen LogP contribution in [-0.4, -0.2) is 54.7 Å². The van der Waals surface area contributed by atoms with Crippen LogP contribution in [0.25, 0.3) is 11.1 Å². The number of fused-ring (bicyclic) bond motifs is 3. The minimum Gasteiger partial charge on any atom is -0.480 e. The number of hydrogen-bond acceptors (Lipinski definition) is 5. The number of rotatable bonds is 9. The number of amides is 3. The quantitative estimate of drug-likeness (QED) is 0.435. The second kappa shape index (κ2) is 11.0. The van der Waals surface area contributed by atoms with Gasteiger partial charge in [-0.15, -0.1) is 0 Å². The van der Waals surface area contributed by atoms with Crippen molar-refractivity contribution in [1.29, 1.82) is 0 Å². The maximum atomic E-state index is 12.7. The Balaban J connectivity index is 1.61. The van der Waals surface area contributed by atoms with Crippen molar-refractivity contribution in [3.05, 3.63) is 59.7 Å². The van der Waals surface area contributed by atoms with Gasteiger partial charge >= 0.3 is 12.1 Å². The molecule has 3 amide bonds. The number of carbonyl (C=O) groups is 4. The van der Waals surface area contributed by atoms with Gasteiger partial charge in [0.25, 0.3) is 0 Å². The van der Waals surface area contributed by atoms with Gasteiger partial charge in [0.05, 0.1) is 6.54 Å². The highest BCUT2D eigenvalue weighted by Gasteiger charge is 2.31. The van der Waals surface area contributed by atoms with E-state index in [0.29, 0.717) is 6.42 Å². The topological polar surface area (TPSA) is 134 Å². The van der Waals surface area contributed by atoms with E-state index in [9.17, 15) is 19.2 Å². The van der Waals surface area contributed by atoms with Crippen LogP contribution in [-0.2, 0) is 19.1 Å². The Morgan fingerprint density at radius 2 is 1.49 bits per heavy atom. The average Bonchev–Trinajstić information content (AvgIpc) is 3.12. The summed E-state index contributed by atoms with van der Waals surface area (Å²) in [4.78, 5) is 47.7. The molecule has 186 valence electrons. The molecular weight excluding hydrogens is 450 g/mol. The van der Waals surface area contributed by atoms with Crippen LogP contribution in [0.15, 0.2) is 48.5 Å². The molecule has 1 aliphatic rings. The molecule has 0 saturated carbocycles. The molecule has 0 heterocycles. The van der Waals surface area contributed by atoms with Gasteiger partial charge in [0.1, 0.15) is 19.2 Å². The van der Waals surface area contributed by atoms with Crippen LogP contribution in [0.2, 0.25) is 0 Å². The van der Waals surface area contributed by atoms with E-state index >= 15 is 0 Å². The normalized spacial score (nSPS) is 13.2. The van der Waals surface area contributed by atoms with Crippen molar-refractivity contribution in [2.45, 2.75) is 39.2 Å². The predicted octanol–water partition coefficient (Wildman–Crippen LogP) is 2.65. The van der Waals surface area contributed by atoms with Gasteiger partial charge in [-0.3, -0.25) is 14.4 Å². The van der Waals surface area contributed by atoms with E-state index < -0.39 is 43.0 Å². The standard InChI is InChI=1S/C26H31N3O6/c1-26(2,3)12-21(24(33)28-13-22(30)27-14-23(31)32)29-25(34)35-15-20-18-10-6-4-8-16(18)17-9-5-7-11-19(17)20/h4-11,20-21H,12-15H2,1-3H3,(H,27,30)(H,28,33)(H,29,34)(H,31,32). The van der Waals surface area contributed by atoms with E-state index in [1.165, 1.54) is 0 Å². The van der Waals surface area contributed by atoms with Crippen LogP contribution in [0, 0.1) is 5.41 Å². The van der Waals surface area contributed by atoms with Crippen molar-refractivity contribution in [2.75, 3.05) is 19.7 Å². The molecule has 0 aliphatic heterocycles. The molecular formula is C26H31N3O6. The lowest BCUT2D eigenvalue weighted by Gasteiger charge is -2.26. The fraction of sp³-hybridized carbons (Fsp3) is 0.385. The van der Waals surface area contributed by atoms with Crippen molar-refractivity contribution >= 4 is 23.9 Å². The number of ether oxygens (including phenoxy) is 1. The molecule has 2 aromatic rings. The van der Waals surface area contributed by atoms with E-state index in [1.807, 2.05) is 69.3 Å². The third kappa shape index (κ3) is 7.05. The Morgan fingerprint density at radius 1 is 0.914 bits per heavy atom. The van der Waals surface area contributed by atoms with Crippen LogP contribution in [0.1, 0.15) is 44.2 Å². The Hall–Kier alpha value is -3.88. The Morgan fingerprint density at radius 3 is 2.03 bits per heavy atom. The number of benzene rings is 2. The lowest BCUT2D eigenvalue weighted by Crippen LogP contribution is -2.50. The first-order chi connectivity index (χ1) is 16.5. The summed E-state index contributed by atoms with van der Waals surface area (Å²) in [6.45, 7) is 4.93. The highest BCUT2D eigenvalue weighted by Crippen LogP contribution is 2.44. The molecule has 1 unspecified atom stereocenters. The highest BCUT2D eigenvalue weighted by molar-refractivity contribution is 5.90. The minimum absolute atomic E-state index is 0.110. The minimum atomic E-state index is -1.19. The summed E-state index contributed by atoms with van der Waals surface area (Å²) in [6, 6.07) is 15.1. The van der Waals surface area contributed by atoms with E-state index in [2.05, 4.69) is 16.0 Å². The zero-order valence-electron chi connectivity index (χ0n) is 20.1. The lowest BCUT2D eigenvalue weighted by molar-refractivity contribution is -0.137. The molecule has 0 bridgehead atoms. The first-order valence-corrected chi connectivity index (χ1v) is 11.4. The summed E-state index contributed by atoms with van der Waals surface area (Å²) in [5, 5.41) is 15.9. The van der Waals surface area contributed by atoms with Crippen LogP contribution in [0.4, 0.5) is 4.79 Å². The van der Waals surface area contributed by atoms with Crippen molar-refractivity contribution in [3.63, 3.8) is 0 Å². The Bertz CT molecular complexity index is 1060. The maximum Gasteiger partial charge on any atom is 0.407 e. The number of carboxylic acid groups (broad SMARTS) is 1. The van der Waals surface area contributed by atoms with Gasteiger partial charge in [0, 0.05) is 5.92 Å². The van der Waals surface area contributed by atoms with Crippen LogP contribution >= 0.6 is 0 Å². The SMILES string of the molecule is CC(C)(C)CC(NC(=O)OCC1c2ccccc2-c2ccccc21)C(=O)NCC(=O)NCC(=O)O. The first-order valence-electron chi connectivity index (χ1n) is 11.4. The van der Waals surface area contributed by atoms with Crippen molar-refractivity contribution in [2.24, 2.45) is 5.41 Å². The van der Waals surface area contributed by atoms with Crippen LogP contribution in [0.3, 0.4) is 0 Å². The van der Waals surface area contributed by atoms with E-state index in [0.717, 1.165) is 22.3 Å². The number of nitrogens with one attached hydrogen (secondary N) is 3. The fourth-order valence-corrected chi connectivity index (χ4v) is 4.13. The molecule has 35 heavy (non-hydrogen) atoms. The second-order valence-corrected chi connectivity index (χ2v) is 9.68. The fourth-order valence-electron chi connectivity index (χ4n) is 4.13. The zero-order chi connectivity index (χ0) is 25.6. The molecule has 2 aromatic carbocycles. The largest absolute Gasteiger partial charge is 0.480 e. The maximum absolute atomic E-state index is 12.7. The Kier molecular flexibility index (Phi) is 8.11. The van der Waals surface area contributed by atoms with E-state index in [1.54, 1.807) is 0 Å². The van der Waals surface area contributed by atoms with Crippen molar-refractivity contribution in [3.8, 4) is 11.1 Å². The molecule has 0 aromatic heterocycles. The monoisotopic (exact) mass is 481 g/mol. The average molecular weight is 482 g/mol. The molecule has 1 atom stereocenters. The summed E-state index contributed by atoms with van der Waals surface area (Å²) < 4.78 is 5.55. The summed E-state index contributed by atoms with van der Waals surface area (Å²) in [6.07, 6.45) is -0.425. The molecule has 9 heteroatoms. The predicted molar refractivity (Wildman–Crippen MR) is 130 cm³/mol. The molecule has 3 rings (SSSR count). The third-order valence-corrected chi connectivity index (χ3v) is 5.63. The number of hydrogen-bond donors (Lipinski definition) is 4. The second-order valence-electron chi connectivity index (χ2n) is 9.68.